The number of hydrogen-bond donors (Lipinski definition) is 3. The third-order valence-electron chi connectivity index (χ3n) is 2.70. The number of rotatable bonds is 3. The summed E-state index contributed by atoms with van der Waals surface area (Å²) >= 11 is 0. The van der Waals surface area contributed by atoms with E-state index >= 15 is 0 Å². The Labute approximate surface area is 84.2 Å². The van der Waals surface area contributed by atoms with Gasteiger partial charge >= 0.3 is 0 Å². The van der Waals surface area contributed by atoms with Crippen molar-refractivity contribution >= 4 is 5.84 Å². The summed E-state index contributed by atoms with van der Waals surface area (Å²) in [5.41, 5.74) is 5.45. The molecule has 1 aliphatic heterocycles. The van der Waals surface area contributed by atoms with Crippen molar-refractivity contribution in [3.63, 3.8) is 0 Å². The molecule has 4 N–H and O–H groups in total. The van der Waals surface area contributed by atoms with E-state index in [1.54, 1.807) is 0 Å². The number of hydrogen-bond acceptors (Lipinski definition) is 4. The summed E-state index contributed by atoms with van der Waals surface area (Å²) in [5, 5.41) is 20.6. The van der Waals surface area contributed by atoms with Crippen molar-refractivity contribution in [2.75, 3.05) is 19.7 Å². The molecule has 1 rings (SSSR count). The molecule has 82 valence electrons. The molecule has 5 heteroatoms. The first-order chi connectivity index (χ1) is 6.77. The molecule has 0 aromatic heterocycles. The van der Waals surface area contributed by atoms with Crippen LogP contribution in [0.25, 0.3) is 0 Å². The average Bonchev–Trinajstić information content (AvgIpc) is 2.42. The van der Waals surface area contributed by atoms with E-state index in [9.17, 15) is 5.11 Å². The number of nitrogens with two attached hydrogens (primary N) is 1. The second-order valence-electron chi connectivity index (χ2n) is 3.75. The monoisotopic (exact) mass is 201 g/mol. The first-order valence-electron chi connectivity index (χ1n) is 5.09. The van der Waals surface area contributed by atoms with Gasteiger partial charge in [0.05, 0.1) is 13.2 Å². The predicted molar refractivity (Wildman–Crippen MR) is 54.3 cm³/mol. The lowest BCUT2D eigenvalue weighted by molar-refractivity contribution is 0.138. The first kappa shape index (κ1) is 11.3. The van der Waals surface area contributed by atoms with E-state index in [4.69, 9.17) is 10.9 Å². The highest BCUT2D eigenvalue weighted by molar-refractivity contribution is 5.81. The van der Waals surface area contributed by atoms with Crippen LogP contribution in [0.2, 0.25) is 0 Å². The largest absolute Gasteiger partial charge is 0.409 e. The maximum absolute atomic E-state index is 9.19. The third kappa shape index (κ3) is 3.16. The van der Waals surface area contributed by atoms with Gasteiger partial charge in [-0.05, 0) is 19.4 Å². The minimum Gasteiger partial charge on any atom is -0.409 e. The maximum Gasteiger partial charge on any atom is 0.153 e. The fourth-order valence-corrected chi connectivity index (χ4v) is 1.89. The van der Waals surface area contributed by atoms with Gasteiger partial charge in [-0.3, -0.25) is 4.90 Å². The second kappa shape index (κ2) is 5.82. The van der Waals surface area contributed by atoms with E-state index in [0.29, 0.717) is 6.54 Å². The van der Waals surface area contributed by atoms with Gasteiger partial charge < -0.3 is 16.0 Å². The Morgan fingerprint density at radius 1 is 1.43 bits per heavy atom. The van der Waals surface area contributed by atoms with E-state index in [1.165, 1.54) is 6.42 Å². The smallest absolute Gasteiger partial charge is 0.153 e. The molecule has 0 saturated carbocycles. The zero-order valence-corrected chi connectivity index (χ0v) is 8.39. The van der Waals surface area contributed by atoms with Gasteiger partial charge in [0.2, 0.25) is 0 Å². The fourth-order valence-electron chi connectivity index (χ4n) is 1.89. The Kier molecular flexibility index (Phi) is 4.69. The Morgan fingerprint density at radius 2 is 2.21 bits per heavy atom. The Hall–Kier alpha value is -0.810. The molecular weight excluding hydrogens is 182 g/mol. The number of oxime groups is 1. The highest BCUT2D eigenvalue weighted by Crippen LogP contribution is 2.15. The van der Waals surface area contributed by atoms with Crippen molar-refractivity contribution in [2.24, 2.45) is 10.9 Å². The Bertz CT molecular complexity index is 196. The van der Waals surface area contributed by atoms with Crippen LogP contribution < -0.4 is 5.73 Å². The van der Waals surface area contributed by atoms with Crippen LogP contribution in [0.15, 0.2) is 5.16 Å². The molecule has 0 aromatic carbocycles. The molecule has 14 heavy (non-hydrogen) atoms. The summed E-state index contributed by atoms with van der Waals surface area (Å²) in [6, 6.07) is 0.165. The molecule has 1 fully saturated rings. The van der Waals surface area contributed by atoms with Crippen molar-refractivity contribution in [2.45, 2.75) is 31.7 Å². The number of amidine groups is 1. The van der Waals surface area contributed by atoms with Crippen LogP contribution >= 0.6 is 0 Å². The summed E-state index contributed by atoms with van der Waals surface area (Å²) in [6.07, 6.45) is 4.46. The van der Waals surface area contributed by atoms with Crippen molar-refractivity contribution in [3.05, 3.63) is 0 Å². The van der Waals surface area contributed by atoms with E-state index in [1.807, 2.05) is 0 Å². The van der Waals surface area contributed by atoms with E-state index < -0.39 is 0 Å². The summed E-state index contributed by atoms with van der Waals surface area (Å²) < 4.78 is 0. The van der Waals surface area contributed by atoms with Gasteiger partial charge in [-0.1, -0.05) is 18.0 Å². The Balaban J connectivity index is 2.52. The molecule has 0 radical (unpaired) electrons. The highest BCUT2D eigenvalue weighted by Gasteiger charge is 2.20. The van der Waals surface area contributed by atoms with Crippen LogP contribution in [0.1, 0.15) is 25.7 Å². The lowest BCUT2D eigenvalue weighted by atomic mass is 10.1. The summed E-state index contributed by atoms with van der Waals surface area (Å²) in [6.45, 7) is 1.52. The molecular formula is C9H19N3O2. The van der Waals surface area contributed by atoms with E-state index in [2.05, 4.69) is 10.1 Å². The Morgan fingerprint density at radius 3 is 2.86 bits per heavy atom. The molecule has 0 aromatic rings. The molecule has 1 heterocycles. The lowest BCUT2D eigenvalue weighted by Crippen LogP contribution is -2.42. The predicted octanol–water partition coefficient (Wildman–Crippen LogP) is -0.0303. The normalized spacial score (nSPS) is 26.1. The van der Waals surface area contributed by atoms with Gasteiger partial charge in [0.25, 0.3) is 0 Å². The van der Waals surface area contributed by atoms with Crippen LogP contribution in [-0.2, 0) is 0 Å². The van der Waals surface area contributed by atoms with Crippen LogP contribution in [-0.4, -0.2) is 46.8 Å². The van der Waals surface area contributed by atoms with Crippen molar-refractivity contribution in [1.82, 2.24) is 4.90 Å². The molecule has 0 amide bonds. The quantitative estimate of drug-likeness (QED) is 0.259. The molecule has 0 spiro atoms. The number of aliphatic hydroxyl groups excluding tert-OH is 1. The zero-order chi connectivity index (χ0) is 10.4. The van der Waals surface area contributed by atoms with Gasteiger partial charge in [0.1, 0.15) is 0 Å². The second-order valence-corrected chi connectivity index (χ2v) is 3.75. The minimum atomic E-state index is 0.151. The molecule has 1 unspecified atom stereocenters. The average molecular weight is 201 g/mol. The molecule has 1 aliphatic rings. The number of nitrogens with zero attached hydrogens (tertiary/aromatic N) is 2. The van der Waals surface area contributed by atoms with Crippen molar-refractivity contribution < 1.29 is 10.3 Å². The van der Waals surface area contributed by atoms with Crippen LogP contribution in [0, 0.1) is 0 Å². The van der Waals surface area contributed by atoms with Gasteiger partial charge in [-0.25, -0.2) is 0 Å². The van der Waals surface area contributed by atoms with Gasteiger partial charge in [-0.2, -0.15) is 0 Å². The van der Waals surface area contributed by atoms with Crippen LogP contribution in [0.5, 0.6) is 0 Å². The van der Waals surface area contributed by atoms with Crippen molar-refractivity contribution in [1.29, 1.82) is 0 Å². The summed E-state index contributed by atoms with van der Waals surface area (Å²) in [4.78, 5) is 2.09. The number of likely N-dealkylation sites (tertiary alicyclic amines) is 1. The molecule has 1 saturated heterocycles. The van der Waals surface area contributed by atoms with E-state index in [0.717, 1.165) is 25.8 Å². The van der Waals surface area contributed by atoms with Crippen LogP contribution in [0.4, 0.5) is 0 Å². The van der Waals surface area contributed by atoms with Gasteiger partial charge in [0.15, 0.2) is 5.84 Å². The standard InChI is InChI=1S/C9H19N3O2/c10-9(11-14)6-12-5-3-1-2-4-8(12)7-13/h8,13-14H,1-7H2,(H2,10,11). The zero-order valence-electron chi connectivity index (χ0n) is 8.39. The third-order valence-corrected chi connectivity index (χ3v) is 2.70. The topological polar surface area (TPSA) is 82.1 Å². The number of aliphatic hydroxyl groups is 1. The molecule has 1 atom stereocenters. The van der Waals surface area contributed by atoms with Gasteiger partial charge in [0, 0.05) is 6.04 Å². The molecule has 0 bridgehead atoms. The van der Waals surface area contributed by atoms with Crippen LogP contribution in [0.3, 0.4) is 0 Å². The summed E-state index contributed by atoms with van der Waals surface area (Å²) in [5.74, 6) is 0.213. The summed E-state index contributed by atoms with van der Waals surface area (Å²) in [7, 11) is 0. The van der Waals surface area contributed by atoms with Crippen molar-refractivity contribution in [3.8, 4) is 0 Å². The lowest BCUT2D eigenvalue weighted by Gasteiger charge is -2.27. The maximum atomic E-state index is 9.19. The molecule has 5 nitrogen and oxygen atoms in total. The highest BCUT2D eigenvalue weighted by atomic mass is 16.4. The SMILES string of the molecule is NC(CN1CCCCCC1CO)=NO. The minimum absolute atomic E-state index is 0.151. The van der Waals surface area contributed by atoms with E-state index in [-0.39, 0.29) is 18.5 Å². The van der Waals surface area contributed by atoms with Gasteiger partial charge in [-0.15, -0.1) is 0 Å². The molecule has 0 aliphatic carbocycles. The fraction of sp³-hybridized carbons (Fsp3) is 0.889. The first-order valence-corrected chi connectivity index (χ1v) is 5.09.